The van der Waals surface area contributed by atoms with Crippen LogP contribution in [0.2, 0.25) is 0 Å². The summed E-state index contributed by atoms with van der Waals surface area (Å²) in [6.45, 7) is 9.21. The SMILES string of the molecule is CC(C)(C)OC(=O)N1CCN(C(=O)N2CCOCC2)C(COc2cccnc2)C1.O=C(O)C(F)(F)F. The Morgan fingerprint density at radius 1 is 1.11 bits per heavy atom. The van der Waals surface area contributed by atoms with Gasteiger partial charge in [0.2, 0.25) is 0 Å². The maximum Gasteiger partial charge on any atom is 0.490 e. The van der Waals surface area contributed by atoms with E-state index in [4.69, 9.17) is 24.1 Å². The molecule has 3 amide bonds. The number of carboxylic acid groups (broad SMARTS) is 1. The third-order valence-corrected chi connectivity index (χ3v) is 4.98. The largest absolute Gasteiger partial charge is 0.490 e. The summed E-state index contributed by atoms with van der Waals surface area (Å²) in [6, 6.07) is 3.28. The first kappa shape index (κ1) is 28.9. The van der Waals surface area contributed by atoms with Crippen LogP contribution in [0, 0.1) is 0 Å². The molecule has 1 N–H and O–H groups in total. The van der Waals surface area contributed by atoms with E-state index in [9.17, 15) is 22.8 Å². The van der Waals surface area contributed by atoms with Gasteiger partial charge in [-0.05, 0) is 32.9 Å². The highest BCUT2D eigenvalue weighted by molar-refractivity contribution is 5.76. The average molecular weight is 521 g/mol. The molecule has 1 unspecified atom stereocenters. The molecule has 1 atom stereocenters. The molecular weight excluding hydrogens is 489 g/mol. The monoisotopic (exact) mass is 520 g/mol. The number of halogens is 3. The molecule has 0 spiro atoms. The van der Waals surface area contributed by atoms with Gasteiger partial charge in [0, 0.05) is 38.9 Å². The lowest BCUT2D eigenvalue weighted by molar-refractivity contribution is -0.192. The van der Waals surface area contributed by atoms with Crippen LogP contribution in [0.4, 0.5) is 22.8 Å². The average Bonchev–Trinajstić information content (AvgIpc) is 2.82. The fourth-order valence-electron chi connectivity index (χ4n) is 3.30. The highest BCUT2D eigenvalue weighted by Crippen LogP contribution is 2.19. The number of aromatic nitrogens is 1. The molecule has 0 aliphatic carbocycles. The predicted molar refractivity (Wildman–Crippen MR) is 120 cm³/mol. The van der Waals surface area contributed by atoms with Crippen LogP contribution in [0.25, 0.3) is 0 Å². The number of aliphatic carboxylic acids is 1. The van der Waals surface area contributed by atoms with Gasteiger partial charge in [-0.15, -0.1) is 0 Å². The lowest BCUT2D eigenvalue weighted by Crippen LogP contribution is -2.62. The summed E-state index contributed by atoms with van der Waals surface area (Å²) in [6.07, 6.45) is -2.16. The molecule has 0 radical (unpaired) electrons. The van der Waals surface area contributed by atoms with Crippen LogP contribution in [0.1, 0.15) is 20.8 Å². The summed E-state index contributed by atoms with van der Waals surface area (Å²) in [4.78, 5) is 43.8. The Kier molecular flexibility index (Phi) is 10.1. The minimum Gasteiger partial charge on any atom is -0.490 e. The zero-order valence-electron chi connectivity index (χ0n) is 20.4. The van der Waals surface area contributed by atoms with Crippen molar-refractivity contribution < 1.29 is 46.9 Å². The number of nitrogens with zero attached hydrogens (tertiary/aromatic N) is 4. The van der Waals surface area contributed by atoms with Gasteiger partial charge < -0.3 is 34.0 Å². The van der Waals surface area contributed by atoms with E-state index in [0.29, 0.717) is 51.7 Å². The number of carboxylic acids is 1. The number of carbonyl (C=O) groups excluding carboxylic acids is 2. The van der Waals surface area contributed by atoms with Crippen LogP contribution < -0.4 is 4.74 Å². The Balaban J connectivity index is 0.000000572. The smallest absolute Gasteiger partial charge is 0.490 e. The van der Waals surface area contributed by atoms with Gasteiger partial charge in [0.1, 0.15) is 18.0 Å². The Bertz CT molecular complexity index is 875. The molecule has 0 bridgehead atoms. The standard InChI is InChI=1S/C20H30N4O5.C2HF3O2/c1-20(2,3)29-19(26)23-7-8-24(18(25)22-9-11-27-12-10-22)16(14-23)15-28-17-5-4-6-21-13-17;3-2(4,5)1(6)7/h4-6,13,16H,7-12,14-15H2,1-3H3;(H,6,7). The zero-order valence-corrected chi connectivity index (χ0v) is 20.4. The number of piperazine rings is 1. The normalized spacial score (nSPS) is 18.6. The molecule has 2 saturated heterocycles. The van der Waals surface area contributed by atoms with Crippen molar-refractivity contribution in [1.82, 2.24) is 19.7 Å². The number of pyridine rings is 1. The predicted octanol–water partition coefficient (Wildman–Crippen LogP) is 2.47. The molecule has 2 fully saturated rings. The highest BCUT2D eigenvalue weighted by Gasteiger charge is 2.38. The zero-order chi connectivity index (χ0) is 26.9. The minimum atomic E-state index is -5.08. The number of urea groups is 1. The Morgan fingerprint density at radius 3 is 2.28 bits per heavy atom. The molecule has 3 rings (SSSR count). The van der Waals surface area contributed by atoms with Crippen molar-refractivity contribution in [3.8, 4) is 5.75 Å². The highest BCUT2D eigenvalue weighted by atomic mass is 19.4. The lowest BCUT2D eigenvalue weighted by Gasteiger charge is -2.43. The topological polar surface area (TPSA) is 122 Å². The van der Waals surface area contributed by atoms with Crippen molar-refractivity contribution in [2.24, 2.45) is 0 Å². The summed E-state index contributed by atoms with van der Waals surface area (Å²) in [5, 5.41) is 7.12. The maximum absolute atomic E-state index is 13.1. The number of hydrogen-bond acceptors (Lipinski definition) is 7. The van der Waals surface area contributed by atoms with Crippen LogP contribution in [-0.4, -0.2) is 113 Å². The van der Waals surface area contributed by atoms with Crippen LogP contribution in [-0.2, 0) is 14.3 Å². The third-order valence-electron chi connectivity index (χ3n) is 4.98. The molecule has 14 heteroatoms. The van der Waals surface area contributed by atoms with E-state index in [2.05, 4.69) is 4.98 Å². The van der Waals surface area contributed by atoms with Gasteiger partial charge in [0.15, 0.2) is 0 Å². The van der Waals surface area contributed by atoms with Crippen molar-refractivity contribution in [2.75, 3.05) is 52.5 Å². The summed E-state index contributed by atoms with van der Waals surface area (Å²) < 4.78 is 48.5. The van der Waals surface area contributed by atoms with Crippen molar-refractivity contribution in [3.63, 3.8) is 0 Å². The summed E-state index contributed by atoms with van der Waals surface area (Å²) in [7, 11) is 0. The first-order chi connectivity index (χ1) is 16.8. The fraction of sp³-hybridized carbons (Fsp3) is 0.636. The van der Waals surface area contributed by atoms with Gasteiger partial charge >= 0.3 is 24.3 Å². The van der Waals surface area contributed by atoms with Crippen LogP contribution >= 0.6 is 0 Å². The van der Waals surface area contributed by atoms with E-state index in [1.807, 2.05) is 26.8 Å². The fourth-order valence-corrected chi connectivity index (χ4v) is 3.30. The van der Waals surface area contributed by atoms with Gasteiger partial charge in [-0.3, -0.25) is 4.98 Å². The van der Waals surface area contributed by atoms with Gasteiger partial charge in [-0.2, -0.15) is 13.2 Å². The number of morpholine rings is 1. The van der Waals surface area contributed by atoms with Gasteiger partial charge in [0.05, 0.1) is 25.5 Å². The van der Waals surface area contributed by atoms with E-state index < -0.39 is 17.7 Å². The quantitative estimate of drug-likeness (QED) is 0.645. The Labute approximate surface area is 206 Å². The second-order valence-corrected chi connectivity index (χ2v) is 8.96. The second kappa shape index (κ2) is 12.6. The minimum absolute atomic E-state index is 0.0445. The maximum atomic E-state index is 13.1. The summed E-state index contributed by atoms with van der Waals surface area (Å²) in [5.74, 6) is -2.13. The van der Waals surface area contributed by atoms with E-state index in [0.717, 1.165) is 0 Å². The number of carbonyl (C=O) groups is 3. The van der Waals surface area contributed by atoms with E-state index in [1.165, 1.54) is 0 Å². The van der Waals surface area contributed by atoms with Crippen molar-refractivity contribution in [3.05, 3.63) is 24.5 Å². The Hall–Kier alpha value is -3.29. The van der Waals surface area contributed by atoms with Gasteiger partial charge in [-0.1, -0.05) is 0 Å². The number of amides is 3. The molecule has 202 valence electrons. The summed E-state index contributed by atoms with van der Waals surface area (Å²) in [5.41, 5.74) is -0.570. The van der Waals surface area contributed by atoms with E-state index in [-0.39, 0.29) is 24.8 Å². The van der Waals surface area contributed by atoms with Crippen LogP contribution in [0.5, 0.6) is 5.75 Å². The molecule has 36 heavy (non-hydrogen) atoms. The van der Waals surface area contributed by atoms with Crippen molar-refractivity contribution >= 4 is 18.1 Å². The molecule has 1 aromatic heterocycles. The van der Waals surface area contributed by atoms with Crippen LogP contribution in [0.15, 0.2) is 24.5 Å². The van der Waals surface area contributed by atoms with E-state index >= 15 is 0 Å². The summed E-state index contributed by atoms with van der Waals surface area (Å²) >= 11 is 0. The van der Waals surface area contributed by atoms with Gasteiger partial charge in [0.25, 0.3) is 0 Å². The van der Waals surface area contributed by atoms with Crippen LogP contribution in [0.3, 0.4) is 0 Å². The van der Waals surface area contributed by atoms with Crippen molar-refractivity contribution in [2.45, 2.75) is 38.6 Å². The lowest BCUT2D eigenvalue weighted by atomic mass is 10.1. The molecule has 11 nitrogen and oxygen atoms in total. The Morgan fingerprint density at radius 2 is 1.75 bits per heavy atom. The molecule has 2 aliphatic rings. The molecule has 1 aromatic rings. The second-order valence-electron chi connectivity index (χ2n) is 8.96. The van der Waals surface area contributed by atoms with E-state index in [1.54, 1.807) is 33.2 Å². The third kappa shape index (κ3) is 9.40. The molecule has 3 heterocycles. The molecule has 0 saturated carbocycles. The van der Waals surface area contributed by atoms with Gasteiger partial charge in [-0.25, -0.2) is 14.4 Å². The molecule has 2 aliphatic heterocycles. The number of hydrogen-bond donors (Lipinski definition) is 1. The number of ether oxygens (including phenoxy) is 3. The first-order valence-corrected chi connectivity index (χ1v) is 11.2. The number of alkyl halides is 3. The first-order valence-electron chi connectivity index (χ1n) is 11.2. The molecular formula is C22H31F3N4O7. The van der Waals surface area contributed by atoms with Crippen molar-refractivity contribution in [1.29, 1.82) is 0 Å². The molecule has 0 aromatic carbocycles. The number of rotatable bonds is 3.